The van der Waals surface area contributed by atoms with Gasteiger partial charge in [0.15, 0.2) is 11.5 Å². The molecule has 0 aliphatic carbocycles. The Morgan fingerprint density at radius 2 is 1.19 bits per heavy atom. The lowest BCUT2D eigenvalue weighted by molar-refractivity contribution is 0.0734. The molecular formula is C29H18O3. The van der Waals surface area contributed by atoms with Crippen LogP contribution in [0.2, 0.25) is 0 Å². The summed E-state index contributed by atoms with van der Waals surface area (Å²) in [5.41, 5.74) is 0.469. The van der Waals surface area contributed by atoms with Crippen molar-refractivity contribution in [2.45, 2.75) is 0 Å². The van der Waals surface area contributed by atoms with Gasteiger partial charge in [0.1, 0.15) is 0 Å². The summed E-state index contributed by atoms with van der Waals surface area (Å²) >= 11 is 0. The Labute approximate surface area is 184 Å². The molecule has 152 valence electrons. The highest BCUT2D eigenvalue weighted by molar-refractivity contribution is 6.17. The average Bonchev–Trinajstić information content (AvgIpc) is 2.84. The van der Waals surface area contributed by atoms with Crippen LogP contribution >= 0.6 is 0 Å². The minimum Gasteiger partial charge on any atom is -0.504 e. The van der Waals surface area contributed by atoms with Crippen molar-refractivity contribution in [1.82, 2.24) is 0 Å². The van der Waals surface area contributed by atoms with E-state index in [-0.39, 0.29) is 11.5 Å². The van der Waals surface area contributed by atoms with E-state index in [1.807, 2.05) is 84.9 Å². The number of phenolic OH excluding ortho intramolecular Hbond substituents is 1. The van der Waals surface area contributed by atoms with Crippen molar-refractivity contribution < 1.29 is 14.6 Å². The third kappa shape index (κ3) is 2.79. The minimum absolute atomic E-state index is 0.0637. The molecule has 0 aromatic heterocycles. The molecule has 0 saturated heterocycles. The number of phenols is 1. The summed E-state index contributed by atoms with van der Waals surface area (Å²) in [6.07, 6.45) is 0. The van der Waals surface area contributed by atoms with Gasteiger partial charge in [0.25, 0.3) is 0 Å². The Bertz CT molecular complexity index is 1680. The van der Waals surface area contributed by atoms with Crippen molar-refractivity contribution >= 4 is 49.1 Å². The molecule has 1 N–H and O–H groups in total. The number of ether oxygens (including phenoxy) is 1. The van der Waals surface area contributed by atoms with Gasteiger partial charge in [0.05, 0.1) is 5.56 Å². The van der Waals surface area contributed by atoms with Crippen molar-refractivity contribution in [2.24, 2.45) is 0 Å². The molecule has 0 bridgehead atoms. The predicted octanol–water partition coefficient (Wildman–Crippen LogP) is 7.22. The van der Waals surface area contributed by atoms with Crippen LogP contribution < -0.4 is 4.74 Å². The maximum absolute atomic E-state index is 13.4. The molecule has 0 unspecified atom stereocenters. The molecule has 3 heteroatoms. The summed E-state index contributed by atoms with van der Waals surface area (Å²) in [6, 6.07) is 33.0. The number of carbonyl (C=O) groups is 1. The minimum atomic E-state index is -0.497. The SMILES string of the molecule is O=C(Oc1c(O)ccc2c1ccc1ccccc12)c1cccc2ccc3ccccc3c12. The molecule has 6 aromatic rings. The average molecular weight is 414 g/mol. The predicted molar refractivity (Wildman–Crippen MR) is 130 cm³/mol. The molecule has 32 heavy (non-hydrogen) atoms. The fourth-order valence-corrected chi connectivity index (χ4v) is 4.53. The van der Waals surface area contributed by atoms with E-state index in [4.69, 9.17) is 4.74 Å². The zero-order chi connectivity index (χ0) is 21.7. The highest BCUT2D eigenvalue weighted by Crippen LogP contribution is 2.39. The largest absolute Gasteiger partial charge is 0.504 e. The standard InChI is InChI=1S/C29H18O3/c30-26-17-16-23-21-9-3-1-6-18(21)14-15-24(23)28(26)32-29(31)25-11-5-8-20-13-12-19-7-2-4-10-22(19)27(20)25/h1-17,30H. The molecular weight excluding hydrogens is 396 g/mol. The first-order chi connectivity index (χ1) is 15.7. The van der Waals surface area contributed by atoms with Crippen molar-refractivity contribution in [1.29, 1.82) is 0 Å². The first kappa shape index (κ1) is 18.4. The number of hydrogen-bond donors (Lipinski definition) is 1. The summed E-state index contributed by atoms with van der Waals surface area (Å²) in [6.45, 7) is 0. The number of hydrogen-bond acceptors (Lipinski definition) is 3. The Hall–Kier alpha value is -4.37. The summed E-state index contributed by atoms with van der Waals surface area (Å²) in [5, 5.41) is 18.2. The molecule has 6 aromatic carbocycles. The second kappa shape index (κ2) is 7.10. The Kier molecular flexibility index (Phi) is 4.08. The number of benzene rings is 6. The first-order valence-corrected chi connectivity index (χ1v) is 10.5. The van der Waals surface area contributed by atoms with Crippen molar-refractivity contribution in [3.05, 3.63) is 109 Å². The first-order valence-electron chi connectivity index (χ1n) is 10.5. The second-order valence-corrected chi connectivity index (χ2v) is 7.88. The monoisotopic (exact) mass is 414 g/mol. The third-order valence-electron chi connectivity index (χ3n) is 6.04. The van der Waals surface area contributed by atoms with Gasteiger partial charge in [0, 0.05) is 10.8 Å². The van der Waals surface area contributed by atoms with Gasteiger partial charge >= 0.3 is 5.97 Å². The molecule has 6 rings (SSSR count). The van der Waals surface area contributed by atoms with Crippen LogP contribution in [0.25, 0.3) is 43.1 Å². The molecule has 0 radical (unpaired) electrons. The molecule has 0 atom stereocenters. The zero-order valence-electron chi connectivity index (χ0n) is 17.1. The third-order valence-corrected chi connectivity index (χ3v) is 6.04. The van der Waals surface area contributed by atoms with Gasteiger partial charge in [-0.3, -0.25) is 0 Å². The Morgan fingerprint density at radius 3 is 2.03 bits per heavy atom. The highest BCUT2D eigenvalue weighted by atomic mass is 16.5. The molecule has 0 amide bonds. The van der Waals surface area contributed by atoms with Gasteiger partial charge in [-0.25, -0.2) is 4.79 Å². The second-order valence-electron chi connectivity index (χ2n) is 7.88. The van der Waals surface area contributed by atoms with Crippen LogP contribution in [0.4, 0.5) is 0 Å². The van der Waals surface area contributed by atoms with Gasteiger partial charge in [-0.15, -0.1) is 0 Å². The Morgan fingerprint density at radius 1 is 0.562 bits per heavy atom. The maximum atomic E-state index is 13.4. The normalized spacial score (nSPS) is 11.4. The van der Waals surface area contributed by atoms with Crippen LogP contribution in [0.1, 0.15) is 10.4 Å². The molecule has 3 nitrogen and oxygen atoms in total. The summed E-state index contributed by atoms with van der Waals surface area (Å²) < 4.78 is 5.86. The van der Waals surface area contributed by atoms with Crippen molar-refractivity contribution in [3.63, 3.8) is 0 Å². The number of carbonyl (C=O) groups excluding carboxylic acids is 1. The molecule has 0 fully saturated rings. The van der Waals surface area contributed by atoms with Gasteiger partial charge < -0.3 is 9.84 Å². The van der Waals surface area contributed by atoms with Crippen LogP contribution in [-0.2, 0) is 0 Å². The fourth-order valence-electron chi connectivity index (χ4n) is 4.53. The van der Waals surface area contributed by atoms with E-state index in [1.165, 1.54) is 0 Å². The number of rotatable bonds is 2. The van der Waals surface area contributed by atoms with E-state index in [0.29, 0.717) is 10.9 Å². The number of esters is 1. The van der Waals surface area contributed by atoms with Gasteiger partial charge in [-0.05, 0) is 56.6 Å². The molecule has 0 aliphatic rings. The van der Waals surface area contributed by atoms with Crippen LogP contribution in [0.5, 0.6) is 11.5 Å². The van der Waals surface area contributed by atoms with Crippen LogP contribution in [-0.4, -0.2) is 11.1 Å². The van der Waals surface area contributed by atoms with E-state index < -0.39 is 5.97 Å². The lowest BCUT2D eigenvalue weighted by Gasteiger charge is -2.13. The quantitative estimate of drug-likeness (QED) is 0.185. The maximum Gasteiger partial charge on any atom is 0.344 e. The fraction of sp³-hybridized carbons (Fsp3) is 0. The zero-order valence-corrected chi connectivity index (χ0v) is 17.1. The topological polar surface area (TPSA) is 46.5 Å². The van der Waals surface area contributed by atoms with Crippen LogP contribution in [0.3, 0.4) is 0 Å². The molecule has 0 heterocycles. The van der Waals surface area contributed by atoms with Crippen molar-refractivity contribution in [2.75, 3.05) is 0 Å². The smallest absolute Gasteiger partial charge is 0.344 e. The van der Waals surface area contributed by atoms with Crippen LogP contribution in [0.15, 0.2) is 103 Å². The number of fused-ring (bicyclic) bond motifs is 6. The Balaban J connectivity index is 1.54. The molecule has 0 aliphatic heterocycles. The van der Waals surface area contributed by atoms with E-state index in [2.05, 4.69) is 6.07 Å². The summed E-state index contributed by atoms with van der Waals surface area (Å²) in [7, 11) is 0. The van der Waals surface area contributed by atoms with E-state index >= 15 is 0 Å². The molecule has 0 saturated carbocycles. The van der Waals surface area contributed by atoms with Crippen molar-refractivity contribution in [3.8, 4) is 11.5 Å². The van der Waals surface area contributed by atoms with E-state index in [9.17, 15) is 9.90 Å². The summed E-state index contributed by atoms with van der Waals surface area (Å²) in [4.78, 5) is 13.4. The van der Waals surface area contributed by atoms with Gasteiger partial charge in [0.2, 0.25) is 0 Å². The lowest BCUT2D eigenvalue weighted by Crippen LogP contribution is -2.09. The highest BCUT2D eigenvalue weighted by Gasteiger charge is 2.19. The number of aromatic hydroxyl groups is 1. The van der Waals surface area contributed by atoms with Gasteiger partial charge in [-0.2, -0.15) is 0 Å². The van der Waals surface area contributed by atoms with Gasteiger partial charge in [-0.1, -0.05) is 78.9 Å². The van der Waals surface area contributed by atoms with E-state index in [0.717, 1.165) is 37.7 Å². The summed E-state index contributed by atoms with van der Waals surface area (Å²) in [5.74, 6) is -0.385. The lowest BCUT2D eigenvalue weighted by atomic mass is 9.97. The van der Waals surface area contributed by atoms with E-state index in [1.54, 1.807) is 12.1 Å². The van der Waals surface area contributed by atoms with Crippen LogP contribution in [0, 0.1) is 0 Å². The molecule has 0 spiro atoms.